The summed E-state index contributed by atoms with van der Waals surface area (Å²) in [6.07, 6.45) is 2.82. The average molecular weight is 444 g/mol. The molecule has 0 bridgehead atoms. The summed E-state index contributed by atoms with van der Waals surface area (Å²) in [6, 6.07) is 3.05. The van der Waals surface area contributed by atoms with Gasteiger partial charge in [-0.25, -0.2) is 22.6 Å². The van der Waals surface area contributed by atoms with Crippen molar-refractivity contribution in [3.05, 3.63) is 59.4 Å². The van der Waals surface area contributed by atoms with Crippen molar-refractivity contribution in [1.82, 2.24) is 20.0 Å². The van der Waals surface area contributed by atoms with Gasteiger partial charge in [-0.2, -0.15) is 0 Å². The van der Waals surface area contributed by atoms with Crippen molar-refractivity contribution in [2.75, 3.05) is 11.4 Å². The van der Waals surface area contributed by atoms with E-state index >= 15 is 0 Å². The van der Waals surface area contributed by atoms with Crippen molar-refractivity contribution < 1.29 is 22.7 Å². The third-order valence-corrected chi connectivity index (χ3v) is 5.65. The van der Waals surface area contributed by atoms with Crippen molar-refractivity contribution in [1.29, 1.82) is 0 Å². The molecule has 166 valence electrons. The molecular formula is C21H19F3N6O2. The zero-order valence-corrected chi connectivity index (χ0v) is 17.1. The van der Waals surface area contributed by atoms with Crippen LogP contribution in [0.1, 0.15) is 24.2 Å². The van der Waals surface area contributed by atoms with Crippen molar-refractivity contribution in [3.8, 4) is 11.1 Å². The Morgan fingerprint density at radius 3 is 2.50 bits per heavy atom. The lowest BCUT2D eigenvalue weighted by atomic mass is 10.0. The van der Waals surface area contributed by atoms with Gasteiger partial charge in [-0.1, -0.05) is 5.21 Å². The average Bonchev–Trinajstić information content (AvgIpc) is 3.16. The van der Waals surface area contributed by atoms with Gasteiger partial charge < -0.3 is 10.5 Å². The van der Waals surface area contributed by atoms with Gasteiger partial charge in [-0.3, -0.25) is 9.88 Å². The van der Waals surface area contributed by atoms with Crippen molar-refractivity contribution >= 4 is 11.8 Å². The summed E-state index contributed by atoms with van der Waals surface area (Å²) in [5.41, 5.74) is 5.48. The summed E-state index contributed by atoms with van der Waals surface area (Å²) in [4.78, 5) is 17.4. The second-order valence-electron chi connectivity index (χ2n) is 8.19. The van der Waals surface area contributed by atoms with E-state index in [9.17, 15) is 18.0 Å². The number of aromatic nitrogens is 4. The Bertz CT molecular complexity index is 1200. The first-order valence-electron chi connectivity index (χ1n) is 10.0. The standard InChI is InChI=1S/C21H19F3N6O2/c1-11-8-29(28-27-11)9-14-10-30(20(31)32-14)13-5-15(22)18(16(23)6-13)12-4-17(24)19(26-7-12)21(25)2-3-21/h4-8,14H,2-3,9-10,25H2,1H3/t14-/m0/s1. The number of nitrogens with two attached hydrogens (primary N) is 1. The van der Waals surface area contributed by atoms with Gasteiger partial charge in [0.2, 0.25) is 0 Å². The van der Waals surface area contributed by atoms with Crippen molar-refractivity contribution in [2.45, 2.75) is 38.0 Å². The number of carbonyl (C=O) groups is 1. The number of amides is 1. The molecule has 2 N–H and O–H groups in total. The van der Waals surface area contributed by atoms with Crippen molar-refractivity contribution in [3.63, 3.8) is 0 Å². The van der Waals surface area contributed by atoms with Crippen LogP contribution in [0.25, 0.3) is 11.1 Å². The van der Waals surface area contributed by atoms with E-state index in [0.29, 0.717) is 18.5 Å². The fourth-order valence-corrected chi connectivity index (χ4v) is 3.82. The molecule has 1 aromatic carbocycles. The lowest BCUT2D eigenvalue weighted by Crippen LogP contribution is -2.26. The molecule has 32 heavy (non-hydrogen) atoms. The number of aryl methyl sites for hydroxylation is 1. The van der Waals surface area contributed by atoms with Crippen LogP contribution < -0.4 is 10.6 Å². The molecule has 0 radical (unpaired) electrons. The number of halogens is 3. The minimum absolute atomic E-state index is 0.00466. The van der Waals surface area contributed by atoms with E-state index in [-0.39, 0.29) is 30.0 Å². The van der Waals surface area contributed by atoms with Crippen LogP contribution in [0.3, 0.4) is 0 Å². The van der Waals surface area contributed by atoms with Crippen LogP contribution in [0.2, 0.25) is 0 Å². The Kier molecular flexibility index (Phi) is 4.66. The SMILES string of the molecule is Cc1cn(C[C@H]2CN(c3cc(F)c(-c4cnc(C5(N)CC5)c(F)c4)c(F)c3)C(=O)O2)nn1. The maximum Gasteiger partial charge on any atom is 0.414 e. The minimum Gasteiger partial charge on any atom is -0.442 e. The van der Waals surface area contributed by atoms with Crippen LogP contribution in [0.4, 0.5) is 23.7 Å². The van der Waals surface area contributed by atoms with Crippen LogP contribution in [0.5, 0.6) is 0 Å². The molecule has 3 heterocycles. The molecule has 2 fully saturated rings. The van der Waals surface area contributed by atoms with E-state index in [2.05, 4.69) is 15.3 Å². The Morgan fingerprint density at radius 2 is 1.91 bits per heavy atom. The van der Waals surface area contributed by atoms with Gasteiger partial charge in [-0.15, -0.1) is 5.10 Å². The number of nitrogens with zero attached hydrogens (tertiary/aromatic N) is 5. The smallest absolute Gasteiger partial charge is 0.414 e. The number of pyridine rings is 1. The molecular weight excluding hydrogens is 425 g/mol. The molecule has 2 aliphatic rings. The Morgan fingerprint density at radius 1 is 1.19 bits per heavy atom. The molecule has 3 aromatic rings. The number of ether oxygens (including phenoxy) is 1. The lowest BCUT2D eigenvalue weighted by Gasteiger charge is -2.16. The summed E-state index contributed by atoms with van der Waals surface area (Å²) in [6.45, 7) is 2.12. The largest absolute Gasteiger partial charge is 0.442 e. The van der Waals surface area contributed by atoms with E-state index in [1.165, 1.54) is 10.9 Å². The van der Waals surface area contributed by atoms with E-state index in [0.717, 1.165) is 23.1 Å². The third-order valence-electron chi connectivity index (χ3n) is 5.65. The van der Waals surface area contributed by atoms with Gasteiger partial charge in [0.25, 0.3) is 0 Å². The van der Waals surface area contributed by atoms with Crippen LogP contribution in [-0.4, -0.2) is 38.7 Å². The summed E-state index contributed by atoms with van der Waals surface area (Å²) >= 11 is 0. The number of hydrogen-bond donors (Lipinski definition) is 1. The zero-order valence-electron chi connectivity index (χ0n) is 17.1. The number of benzene rings is 1. The fourth-order valence-electron chi connectivity index (χ4n) is 3.82. The van der Waals surface area contributed by atoms with Crippen molar-refractivity contribution in [2.24, 2.45) is 5.73 Å². The maximum atomic E-state index is 14.9. The maximum absolute atomic E-state index is 14.9. The summed E-state index contributed by atoms with van der Waals surface area (Å²) in [7, 11) is 0. The lowest BCUT2D eigenvalue weighted by molar-refractivity contribution is 0.129. The Hall–Kier alpha value is -3.47. The third kappa shape index (κ3) is 3.58. The topological polar surface area (TPSA) is 99.2 Å². The van der Waals surface area contributed by atoms with E-state index in [1.807, 2.05) is 0 Å². The molecule has 1 saturated heterocycles. The molecule has 0 unspecified atom stereocenters. The molecule has 1 atom stereocenters. The number of hydrogen-bond acceptors (Lipinski definition) is 6. The Labute approximate surface area is 180 Å². The minimum atomic E-state index is -0.953. The number of anilines is 1. The van der Waals surface area contributed by atoms with Gasteiger partial charge >= 0.3 is 6.09 Å². The molecule has 2 aromatic heterocycles. The number of carbonyl (C=O) groups excluding carboxylic acids is 1. The zero-order chi connectivity index (χ0) is 22.6. The van der Waals surface area contributed by atoms with Crippen LogP contribution >= 0.6 is 0 Å². The predicted octanol–water partition coefficient (Wildman–Crippen LogP) is 3.04. The monoisotopic (exact) mass is 444 g/mol. The van der Waals surface area contributed by atoms with Crippen LogP contribution in [0, 0.1) is 24.4 Å². The second kappa shape index (κ2) is 7.30. The van der Waals surface area contributed by atoms with E-state index in [1.54, 1.807) is 13.1 Å². The van der Waals surface area contributed by atoms with Crippen LogP contribution in [-0.2, 0) is 16.8 Å². The van der Waals surface area contributed by atoms with Crippen LogP contribution in [0.15, 0.2) is 30.6 Å². The molecule has 11 heteroatoms. The molecule has 1 aliphatic carbocycles. The molecule has 1 amide bonds. The van der Waals surface area contributed by atoms with E-state index < -0.39 is 40.8 Å². The first-order valence-corrected chi connectivity index (χ1v) is 10.0. The highest BCUT2D eigenvalue weighted by Gasteiger charge is 2.43. The van der Waals surface area contributed by atoms with Gasteiger partial charge in [0.1, 0.15) is 23.6 Å². The number of rotatable bonds is 5. The highest BCUT2D eigenvalue weighted by molar-refractivity contribution is 5.90. The normalized spacial score (nSPS) is 19.3. The second-order valence-corrected chi connectivity index (χ2v) is 8.19. The molecule has 1 aliphatic heterocycles. The molecule has 1 saturated carbocycles. The molecule has 5 rings (SSSR count). The first-order chi connectivity index (χ1) is 15.2. The summed E-state index contributed by atoms with van der Waals surface area (Å²) in [5, 5.41) is 7.77. The number of cyclic esters (lactones) is 1. The summed E-state index contributed by atoms with van der Waals surface area (Å²) in [5.74, 6) is -2.61. The molecule has 0 spiro atoms. The highest BCUT2D eigenvalue weighted by Crippen LogP contribution is 2.43. The molecule has 8 nitrogen and oxygen atoms in total. The Balaban J connectivity index is 1.39. The van der Waals surface area contributed by atoms with Gasteiger partial charge in [0.05, 0.1) is 41.3 Å². The fraction of sp³-hybridized carbons (Fsp3) is 0.333. The summed E-state index contributed by atoms with van der Waals surface area (Å²) < 4.78 is 51.1. The van der Waals surface area contributed by atoms with E-state index in [4.69, 9.17) is 10.5 Å². The quantitative estimate of drug-likeness (QED) is 0.650. The van der Waals surface area contributed by atoms with Gasteiger partial charge in [0, 0.05) is 18.0 Å². The van der Waals surface area contributed by atoms with Gasteiger partial charge in [0.15, 0.2) is 0 Å². The first kappa shape index (κ1) is 20.4. The highest BCUT2D eigenvalue weighted by atomic mass is 19.1. The predicted molar refractivity (Wildman–Crippen MR) is 107 cm³/mol. The van der Waals surface area contributed by atoms with Gasteiger partial charge in [-0.05, 0) is 38.0 Å².